The van der Waals surface area contributed by atoms with Crippen LogP contribution in [0.3, 0.4) is 0 Å². The van der Waals surface area contributed by atoms with Crippen LogP contribution in [0.25, 0.3) is 11.3 Å². The molecule has 0 unspecified atom stereocenters. The average Bonchev–Trinajstić information content (AvgIpc) is 3.29. The zero-order chi connectivity index (χ0) is 21.8. The molecule has 8 nitrogen and oxygen atoms in total. The minimum absolute atomic E-state index is 0.0169. The van der Waals surface area contributed by atoms with Crippen LogP contribution in [-0.2, 0) is 6.54 Å². The normalized spacial score (nSPS) is 13.9. The van der Waals surface area contributed by atoms with Gasteiger partial charge in [0.05, 0.1) is 12.1 Å². The van der Waals surface area contributed by atoms with Gasteiger partial charge in [-0.2, -0.15) is 5.10 Å². The molecule has 5 rings (SSSR count). The predicted octanol–water partition coefficient (Wildman–Crippen LogP) is 2.75. The summed E-state index contributed by atoms with van der Waals surface area (Å²) >= 11 is 0. The Labute approximate surface area is 186 Å². The number of carbonyl (C=O) groups excluding carboxylic acids is 1. The van der Waals surface area contributed by atoms with Crippen LogP contribution in [-0.4, -0.2) is 61.7 Å². The van der Waals surface area contributed by atoms with Crippen LogP contribution in [0.4, 0.5) is 5.95 Å². The van der Waals surface area contributed by atoms with Crippen LogP contribution >= 0.6 is 0 Å². The molecule has 0 bridgehead atoms. The summed E-state index contributed by atoms with van der Waals surface area (Å²) in [6.45, 7) is 3.19. The summed E-state index contributed by atoms with van der Waals surface area (Å²) < 4.78 is 1.83. The third kappa shape index (κ3) is 4.20. The lowest BCUT2D eigenvalue weighted by Gasteiger charge is -2.34. The lowest BCUT2D eigenvalue weighted by atomic mass is 10.1. The molecule has 1 fully saturated rings. The minimum Gasteiger partial charge on any atom is -0.337 e. The van der Waals surface area contributed by atoms with Crippen LogP contribution in [0, 0.1) is 0 Å². The van der Waals surface area contributed by atoms with Gasteiger partial charge in [-0.05, 0) is 23.8 Å². The molecule has 4 heterocycles. The molecule has 0 saturated carbocycles. The van der Waals surface area contributed by atoms with Crippen molar-refractivity contribution >= 4 is 11.9 Å². The van der Waals surface area contributed by atoms with E-state index in [0.29, 0.717) is 49.9 Å². The van der Waals surface area contributed by atoms with Gasteiger partial charge in [-0.25, -0.2) is 9.97 Å². The summed E-state index contributed by atoms with van der Waals surface area (Å²) in [5, 5.41) is 4.75. The number of piperazine rings is 1. The Balaban J connectivity index is 1.38. The van der Waals surface area contributed by atoms with Gasteiger partial charge in [0.15, 0.2) is 0 Å². The fourth-order valence-electron chi connectivity index (χ4n) is 3.88. The van der Waals surface area contributed by atoms with E-state index in [0.717, 1.165) is 11.1 Å². The number of pyridine rings is 1. The van der Waals surface area contributed by atoms with E-state index >= 15 is 0 Å². The standard InChI is InChI=1S/C24H23N7O/c32-23(29-12-14-30(15-13-29)24-26-10-5-11-27-24)21-18-31(17-19-6-2-1-3-7-19)28-22(21)20-8-4-9-25-16-20/h1-11,16,18H,12-15,17H2. The molecule has 160 valence electrons. The quantitative estimate of drug-likeness (QED) is 0.489. The highest BCUT2D eigenvalue weighted by Gasteiger charge is 2.27. The van der Waals surface area contributed by atoms with Crippen molar-refractivity contribution < 1.29 is 4.79 Å². The van der Waals surface area contributed by atoms with E-state index in [4.69, 9.17) is 5.10 Å². The fraction of sp³-hybridized carbons (Fsp3) is 0.208. The molecule has 1 aliphatic rings. The van der Waals surface area contributed by atoms with E-state index < -0.39 is 0 Å². The highest BCUT2D eigenvalue weighted by Crippen LogP contribution is 2.24. The summed E-state index contributed by atoms with van der Waals surface area (Å²) in [5.74, 6) is 0.683. The first-order chi connectivity index (χ1) is 15.8. The Morgan fingerprint density at radius 2 is 1.66 bits per heavy atom. The smallest absolute Gasteiger partial charge is 0.257 e. The number of hydrogen-bond donors (Lipinski definition) is 0. The van der Waals surface area contributed by atoms with E-state index in [1.165, 1.54) is 0 Å². The number of aromatic nitrogens is 5. The molecule has 1 saturated heterocycles. The second-order valence-corrected chi connectivity index (χ2v) is 7.64. The summed E-state index contributed by atoms with van der Waals surface area (Å²) in [6.07, 6.45) is 8.79. The van der Waals surface area contributed by atoms with Gasteiger partial charge < -0.3 is 9.80 Å². The van der Waals surface area contributed by atoms with Crippen LogP contribution < -0.4 is 4.90 Å². The lowest BCUT2D eigenvalue weighted by molar-refractivity contribution is 0.0747. The van der Waals surface area contributed by atoms with Gasteiger partial charge in [-0.1, -0.05) is 30.3 Å². The predicted molar refractivity (Wildman–Crippen MR) is 121 cm³/mol. The largest absolute Gasteiger partial charge is 0.337 e. The third-order valence-electron chi connectivity index (χ3n) is 5.52. The number of rotatable bonds is 5. The summed E-state index contributed by atoms with van der Waals surface area (Å²) in [5.41, 5.74) is 3.22. The second-order valence-electron chi connectivity index (χ2n) is 7.64. The van der Waals surface area contributed by atoms with Gasteiger partial charge in [-0.3, -0.25) is 14.5 Å². The van der Waals surface area contributed by atoms with Crippen LogP contribution in [0.5, 0.6) is 0 Å². The molecule has 0 spiro atoms. The Morgan fingerprint density at radius 3 is 2.38 bits per heavy atom. The first-order valence-corrected chi connectivity index (χ1v) is 10.6. The molecule has 32 heavy (non-hydrogen) atoms. The summed E-state index contributed by atoms with van der Waals surface area (Å²) in [6, 6.07) is 15.7. The van der Waals surface area contributed by atoms with Gasteiger partial charge in [0.1, 0.15) is 5.69 Å². The molecule has 0 N–H and O–H groups in total. The number of anilines is 1. The molecule has 0 atom stereocenters. The summed E-state index contributed by atoms with van der Waals surface area (Å²) in [7, 11) is 0. The van der Waals surface area contributed by atoms with Gasteiger partial charge in [0.25, 0.3) is 5.91 Å². The molecular formula is C24H23N7O. The Bertz CT molecular complexity index is 1170. The van der Waals surface area contributed by atoms with E-state index in [2.05, 4.69) is 32.0 Å². The monoisotopic (exact) mass is 425 g/mol. The van der Waals surface area contributed by atoms with E-state index in [9.17, 15) is 4.79 Å². The summed E-state index contributed by atoms with van der Waals surface area (Å²) in [4.78, 5) is 30.3. The fourth-order valence-corrected chi connectivity index (χ4v) is 3.88. The van der Waals surface area contributed by atoms with Gasteiger partial charge in [-0.15, -0.1) is 0 Å². The first-order valence-electron chi connectivity index (χ1n) is 10.6. The third-order valence-corrected chi connectivity index (χ3v) is 5.52. The highest BCUT2D eigenvalue weighted by atomic mass is 16.2. The molecule has 1 aromatic carbocycles. The van der Waals surface area contributed by atoms with Crippen molar-refractivity contribution in [3.63, 3.8) is 0 Å². The van der Waals surface area contributed by atoms with E-state index in [-0.39, 0.29) is 5.91 Å². The topological polar surface area (TPSA) is 80.0 Å². The van der Waals surface area contributed by atoms with Crippen molar-refractivity contribution in [3.8, 4) is 11.3 Å². The maximum atomic E-state index is 13.5. The zero-order valence-corrected chi connectivity index (χ0v) is 17.6. The van der Waals surface area contributed by atoms with Crippen molar-refractivity contribution in [1.29, 1.82) is 0 Å². The Kier molecular flexibility index (Phi) is 5.57. The van der Waals surface area contributed by atoms with Crippen molar-refractivity contribution in [2.45, 2.75) is 6.54 Å². The Morgan fingerprint density at radius 1 is 0.875 bits per heavy atom. The lowest BCUT2D eigenvalue weighted by Crippen LogP contribution is -2.49. The number of amides is 1. The van der Waals surface area contributed by atoms with Crippen LogP contribution in [0.15, 0.2) is 79.5 Å². The SMILES string of the molecule is O=C(c1cn(Cc2ccccc2)nc1-c1cccnc1)N1CCN(c2ncccn2)CC1. The van der Waals surface area contributed by atoms with Crippen molar-refractivity contribution in [3.05, 3.63) is 90.6 Å². The first kappa shape index (κ1) is 19.9. The maximum absolute atomic E-state index is 13.5. The molecule has 0 radical (unpaired) electrons. The van der Waals surface area contributed by atoms with Gasteiger partial charge >= 0.3 is 0 Å². The molecule has 1 aliphatic heterocycles. The van der Waals surface area contributed by atoms with Crippen LogP contribution in [0.1, 0.15) is 15.9 Å². The second kappa shape index (κ2) is 8.97. The zero-order valence-electron chi connectivity index (χ0n) is 17.6. The highest BCUT2D eigenvalue weighted by molar-refractivity contribution is 5.99. The van der Waals surface area contributed by atoms with Crippen molar-refractivity contribution in [1.82, 2.24) is 29.6 Å². The minimum atomic E-state index is -0.0169. The number of benzene rings is 1. The molecule has 1 amide bonds. The molecule has 3 aromatic heterocycles. The maximum Gasteiger partial charge on any atom is 0.257 e. The van der Waals surface area contributed by atoms with Crippen molar-refractivity contribution in [2.75, 3.05) is 31.1 Å². The van der Waals surface area contributed by atoms with E-state index in [1.807, 2.05) is 46.1 Å². The van der Waals surface area contributed by atoms with Crippen LogP contribution in [0.2, 0.25) is 0 Å². The molecule has 8 heteroatoms. The molecule has 4 aromatic rings. The number of carbonyl (C=O) groups is 1. The van der Waals surface area contributed by atoms with Gasteiger partial charge in [0, 0.05) is 62.7 Å². The Hall–Kier alpha value is -4.07. The van der Waals surface area contributed by atoms with Gasteiger partial charge in [0.2, 0.25) is 5.95 Å². The van der Waals surface area contributed by atoms with E-state index in [1.54, 1.807) is 30.9 Å². The molecular weight excluding hydrogens is 402 g/mol. The number of nitrogens with zero attached hydrogens (tertiary/aromatic N) is 7. The average molecular weight is 425 g/mol. The number of hydrogen-bond acceptors (Lipinski definition) is 6. The van der Waals surface area contributed by atoms with Crippen molar-refractivity contribution in [2.24, 2.45) is 0 Å². The molecule has 0 aliphatic carbocycles.